The van der Waals surface area contributed by atoms with E-state index in [4.69, 9.17) is 5.11 Å². The predicted molar refractivity (Wildman–Crippen MR) is 55.7 cm³/mol. The third kappa shape index (κ3) is 1.83. The lowest BCUT2D eigenvalue weighted by Crippen LogP contribution is -2.50. The molecule has 0 radical (unpaired) electrons. The maximum Gasteiger partial charge on any atom is 0.407 e. The third-order valence-electron chi connectivity index (χ3n) is 4.21. The Morgan fingerprint density at radius 1 is 1.40 bits per heavy atom. The van der Waals surface area contributed by atoms with Crippen molar-refractivity contribution in [3.8, 4) is 0 Å². The molecule has 2 fully saturated rings. The first-order valence-electron chi connectivity index (χ1n) is 5.77. The van der Waals surface area contributed by atoms with Crippen LogP contribution in [-0.4, -0.2) is 40.9 Å². The normalized spacial score (nSPS) is 29.7. The maximum atomic E-state index is 11.0. The highest BCUT2D eigenvalue weighted by molar-refractivity contribution is 5.65. The summed E-state index contributed by atoms with van der Waals surface area (Å²) in [6, 6.07) is 0. The Balaban J connectivity index is 2.12. The van der Waals surface area contributed by atoms with Gasteiger partial charge in [-0.2, -0.15) is 0 Å². The highest BCUT2D eigenvalue weighted by Gasteiger charge is 2.45. The van der Waals surface area contributed by atoms with Crippen molar-refractivity contribution in [2.24, 2.45) is 11.3 Å². The Labute approximate surface area is 89.9 Å². The fraction of sp³-hybridized carbons (Fsp3) is 0.909. The Morgan fingerprint density at radius 2 is 2.07 bits per heavy atom. The van der Waals surface area contributed by atoms with Crippen molar-refractivity contribution in [3.05, 3.63) is 0 Å². The molecule has 1 atom stereocenters. The molecular weight excluding hydrogens is 194 g/mol. The number of carboxylic acid groups (broad SMARTS) is 1. The monoisotopic (exact) mass is 213 g/mol. The number of aliphatic hydroxyl groups is 1. The second-order valence-electron chi connectivity index (χ2n) is 4.94. The van der Waals surface area contributed by atoms with Crippen LogP contribution in [0.3, 0.4) is 0 Å². The lowest BCUT2D eigenvalue weighted by atomic mass is 9.70. The van der Waals surface area contributed by atoms with E-state index in [0.29, 0.717) is 19.0 Å². The van der Waals surface area contributed by atoms with Gasteiger partial charge in [-0.15, -0.1) is 0 Å². The van der Waals surface area contributed by atoms with Gasteiger partial charge in [-0.05, 0) is 30.6 Å². The van der Waals surface area contributed by atoms with E-state index in [2.05, 4.69) is 0 Å². The minimum atomic E-state index is -0.808. The highest BCUT2D eigenvalue weighted by Crippen LogP contribution is 2.48. The molecule has 1 aliphatic carbocycles. The molecule has 86 valence electrons. The molecule has 0 aromatic rings. The van der Waals surface area contributed by atoms with E-state index in [9.17, 15) is 9.90 Å². The summed E-state index contributed by atoms with van der Waals surface area (Å²) in [4.78, 5) is 12.5. The topological polar surface area (TPSA) is 60.8 Å². The number of hydrogen-bond donors (Lipinski definition) is 2. The van der Waals surface area contributed by atoms with Gasteiger partial charge in [0.25, 0.3) is 0 Å². The third-order valence-corrected chi connectivity index (χ3v) is 4.21. The predicted octanol–water partition coefficient (Wildman–Crippen LogP) is 1.54. The van der Waals surface area contributed by atoms with Gasteiger partial charge in [-0.3, -0.25) is 0 Å². The number of aliphatic hydroxyl groups excluding tert-OH is 1. The zero-order valence-electron chi connectivity index (χ0n) is 8.98. The van der Waals surface area contributed by atoms with Gasteiger partial charge in [0.2, 0.25) is 0 Å². The molecule has 1 heterocycles. The molecule has 1 aliphatic heterocycles. The van der Waals surface area contributed by atoms with Crippen LogP contribution in [0.2, 0.25) is 0 Å². The summed E-state index contributed by atoms with van der Waals surface area (Å²) in [5, 5.41) is 18.4. The summed E-state index contributed by atoms with van der Waals surface area (Å²) in [5.41, 5.74) is 0.0887. The van der Waals surface area contributed by atoms with Gasteiger partial charge in [-0.1, -0.05) is 12.8 Å². The number of piperidine rings is 1. The molecule has 0 aromatic carbocycles. The molecule has 0 aromatic heterocycles. The quantitative estimate of drug-likeness (QED) is 0.694. The van der Waals surface area contributed by atoms with Gasteiger partial charge in [-0.25, -0.2) is 4.79 Å². The minimum absolute atomic E-state index is 0.0887. The zero-order valence-corrected chi connectivity index (χ0v) is 8.98. The molecule has 0 bridgehead atoms. The number of rotatable bonds is 1. The van der Waals surface area contributed by atoms with E-state index in [1.165, 1.54) is 17.7 Å². The van der Waals surface area contributed by atoms with Crippen molar-refractivity contribution in [1.82, 2.24) is 4.90 Å². The Hall–Kier alpha value is -0.770. The van der Waals surface area contributed by atoms with Crippen molar-refractivity contribution >= 4 is 6.09 Å². The fourth-order valence-electron chi connectivity index (χ4n) is 3.30. The van der Waals surface area contributed by atoms with E-state index in [-0.39, 0.29) is 12.0 Å². The van der Waals surface area contributed by atoms with Gasteiger partial charge in [0.05, 0.1) is 0 Å². The van der Waals surface area contributed by atoms with Gasteiger partial charge in [0, 0.05) is 19.7 Å². The molecule has 2 rings (SSSR count). The van der Waals surface area contributed by atoms with Crippen LogP contribution >= 0.6 is 0 Å². The summed E-state index contributed by atoms with van der Waals surface area (Å²) in [6.45, 7) is 1.43. The molecule has 4 nitrogen and oxygen atoms in total. The van der Waals surface area contributed by atoms with Gasteiger partial charge in [0.15, 0.2) is 0 Å². The molecule has 1 amide bonds. The van der Waals surface area contributed by atoms with Gasteiger partial charge >= 0.3 is 6.09 Å². The number of nitrogens with zero attached hydrogens (tertiary/aromatic N) is 1. The second-order valence-corrected chi connectivity index (χ2v) is 4.94. The average molecular weight is 213 g/mol. The Bertz CT molecular complexity index is 248. The summed E-state index contributed by atoms with van der Waals surface area (Å²) < 4.78 is 0. The lowest BCUT2D eigenvalue weighted by Gasteiger charge is -2.45. The number of hydrogen-bond acceptors (Lipinski definition) is 2. The average Bonchev–Trinajstić information content (AvgIpc) is 2.67. The summed E-state index contributed by atoms with van der Waals surface area (Å²) in [5.74, 6) is 0.315. The summed E-state index contributed by atoms with van der Waals surface area (Å²) in [6.07, 6.45) is 4.55. The van der Waals surface area contributed by atoms with Gasteiger partial charge in [0.1, 0.15) is 0 Å². The van der Waals surface area contributed by atoms with E-state index >= 15 is 0 Å². The first-order valence-corrected chi connectivity index (χ1v) is 5.77. The van der Waals surface area contributed by atoms with E-state index < -0.39 is 6.09 Å². The molecule has 1 spiro atoms. The van der Waals surface area contributed by atoms with E-state index in [1.54, 1.807) is 0 Å². The lowest BCUT2D eigenvalue weighted by molar-refractivity contribution is 0.00574. The van der Waals surface area contributed by atoms with Crippen molar-refractivity contribution in [1.29, 1.82) is 0 Å². The molecule has 4 heteroatoms. The highest BCUT2D eigenvalue weighted by atomic mass is 16.4. The van der Waals surface area contributed by atoms with E-state index in [1.807, 2.05) is 0 Å². The van der Waals surface area contributed by atoms with Crippen LogP contribution in [-0.2, 0) is 0 Å². The van der Waals surface area contributed by atoms with Crippen LogP contribution in [0.25, 0.3) is 0 Å². The van der Waals surface area contributed by atoms with Crippen molar-refractivity contribution in [2.45, 2.75) is 32.1 Å². The number of likely N-dealkylation sites (tertiary alicyclic amines) is 1. The maximum absolute atomic E-state index is 11.0. The molecule has 2 N–H and O–H groups in total. The van der Waals surface area contributed by atoms with Crippen molar-refractivity contribution in [2.75, 3.05) is 19.7 Å². The molecule has 1 saturated heterocycles. The van der Waals surface area contributed by atoms with E-state index in [0.717, 1.165) is 19.3 Å². The molecular formula is C11H19NO3. The zero-order chi connectivity index (χ0) is 10.9. The standard InChI is InChI=1S/C11H19NO3/c13-7-9-3-6-12(10(14)15)8-11(9)4-1-2-5-11/h9,13H,1-8H2,(H,14,15). The second kappa shape index (κ2) is 4.00. The van der Waals surface area contributed by atoms with Crippen LogP contribution in [0.15, 0.2) is 0 Å². The molecule has 2 aliphatic rings. The fourth-order valence-corrected chi connectivity index (χ4v) is 3.30. The van der Waals surface area contributed by atoms with Crippen LogP contribution in [0.1, 0.15) is 32.1 Å². The molecule has 1 unspecified atom stereocenters. The van der Waals surface area contributed by atoms with Crippen LogP contribution in [0.4, 0.5) is 4.79 Å². The minimum Gasteiger partial charge on any atom is -0.465 e. The first kappa shape index (κ1) is 10.7. The molecule has 1 saturated carbocycles. The van der Waals surface area contributed by atoms with Crippen molar-refractivity contribution < 1.29 is 15.0 Å². The van der Waals surface area contributed by atoms with Crippen LogP contribution in [0.5, 0.6) is 0 Å². The van der Waals surface area contributed by atoms with Crippen LogP contribution in [0, 0.1) is 11.3 Å². The number of carbonyl (C=O) groups is 1. The summed E-state index contributed by atoms with van der Waals surface area (Å²) in [7, 11) is 0. The smallest absolute Gasteiger partial charge is 0.407 e. The SMILES string of the molecule is O=C(O)N1CCC(CO)C2(CCCC2)C1. The first-order chi connectivity index (χ1) is 7.18. The van der Waals surface area contributed by atoms with Crippen LogP contribution < -0.4 is 0 Å². The number of amides is 1. The van der Waals surface area contributed by atoms with Crippen molar-refractivity contribution in [3.63, 3.8) is 0 Å². The Kier molecular flexibility index (Phi) is 2.87. The van der Waals surface area contributed by atoms with Gasteiger partial charge < -0.3 is 15.1 Å². The molecule has 15 heavy (non-hydrogen) atoms. The Morgan fingerprint density at radius 3 is 2.60 bits per heavy atom. The largest absolute Gasteiger partial charge is 0.465 e. The summed E-state index contributed by atoms with van der Waals surface area (Å²) >= 11 is 0.